The lowest BCUT2D eigenvalue weighted by molar-refractivity contribution is 0.0234. The summed E-state index contributed by atoms with van der Waals surface area (Å²) in [6, 6.07) is 7.06. The monoisotopic (exact) mass is 341 g/mol. The van der Waals surface area contributed by atoms with Crippen LogP contribution < -0.4 is 10.1 Å². The Labute approximate surface area is 147 Å². The van der Waals surface area contributed by atoms with Crippen LogP contribution in [-0.2, 0) is 0 Å². The van der Waals surface area contributed by atoms with Crippen molar-refractivity contribution in [3.05, 3.63) is 53.0 Å². The largest absolute Gasteiger partial charge is 0.481 e. The van der Waals surface area contributed by atoms with Crippen molar-refractivity contribution in [3.8, 4) is 5.88 Å². The number of aromatic nitrogens is 2. The number of nitrogens with one attached hydrogen (secondary N) is 1. The molecule has 1 aliphatic carbocycles. The minimum Gasteiger partial charge on any atom is -0.481 e. The van der Waals surface area contributed by atoms with Gasteiger partial charge in [-0.15, -0.1) is 0 Å². The fourth-order valence-electron chi connectivity index (χ4n) is 3.26. The fraction of sp³-hybridized carbons (Fsp3) is 0.421. The highest BCUT2D eigenvalue weighted by Crippen LogP contribution is 2.38. The summed E-state index contributed by atoms with van der Waals surface area (Å²) in [6.45, 7) is 3.74. The molecule has 0 saturated heterocycles. The Morgan fingerprint density at radius 2 is 1.96 bits per heavy atom. The first-order chi connectivity index (χ1) is 12.0. The summed E-state index contributed by atoms with van der Waals surface area (Å²) in [4.78, 5) is 21.3. The molecule has 6 nitrogen and oxygen atoms in total. The molecule has 1 atom stereocenters. The van der Waals surface area contributed by atoms with Crippen LogP contribution in [0.5, 0.6) is 5.88 Å². The number of aryl methyl sites for hydroxylation is 2. The second kappa shape index (κ2) is 7.19. The van der Waals surface area contributed by atoms with Gasteiger partial charge in [0.2, 0.25) is 5.88 Å². The van der Waals surface area contributed by atoms with E-state index >= 15 is 0 Å². The minimum absolute atomic E-state index is 0.143. The number of rotatable bonds is 5. The number of aliphatic hydroxyl groups is 1. The molecule has 6 heteroatoms. The van der Waals surface area contributed by atoms with Crippen LogP contribution in [0.3, 0.4) is 0 Å². The predicted octanol–water partition coefficient (Wildman–Crippen LogP) is 2.34. The molecule has 2 aromatic rings. The predicted molar refractivity (Wildman–Crippen MR) is 93.4 cm³/mol. The van der Waals surface area contributed by atoms with Gasteiger partial charge in [-0.05, 0) is 50.3 Å². The van der Waals surface area contributed by atoms with Crippen molar-refractivity contribution < 1.29 is 14.6 Å². The SMILES string of the molecule is COc1ccc(C(NC(=O)c2cc(C)nc(C)c2)C2CC(O)C2)cn1. The average Bonchev–Trinajstić information content (AvgIpc) is 2.56. The number of methoxy groups -OCH3 is 1. The topological polar surface area (TPSA) is 84.3 Å². The van der Waals surface area contributed by atoms with E-state index in [1.54, 1.807) is 31.5 Å². The lowest BCUT2D eigenvalue weighted by Crippen LogP contribution is -2.41. The van der Waals surface area contributed by atoms with Crippen LogP contribution in [0.25, 0.3) is 0 Å². The first kappa shape index (κ1) is 17.4. The molecule has 1 fully saturated rings. The Balaban J connectivity index is 1.82. The van der Waals surface area contributed by atoms with E-state index in [9.17, 15) is 9.90 Å². The molecule has 0 aliphatic heterocycles. The van der Waals surface area contributed by atoms with E-state index in [1.165, 1.54) is 0 Å². The van der Waals surface area contributed by atoms with E-state index in [4.69, 9.17) is 4.74 Å². The Morgan fingerprint density at radius 3 is 2.48 bits per heavy atom. The normalized spacial score (nSPS) is 20.5. The zero-order valence-electron chi connectivity index (χ0n) is 14.7. The third-order valence-electron chi connectivity index (χ3n) is 4.58. The van der Waals surface area contributed by atoms with Crippen LogP contribution in [0.4, 0.5) is 0 Å². The Bertz CT molecular complexity index is 735. The standard InChI is InChI=1S/C19H23N3O3/c1-11-6-15(7-12(2)21-11)19(24)22-18(14-8-16(23)9-14)13-4-5-17(25-3)20-10-13/h4-7,10,14,16,18,23H,8-9H2,1-3H3,(H,22,24). The molecule has 1 saturated carbocycles. The van der Waals surface area contributed by atoms with Crippen molar-refractivity contribution >= 4 is 5.91 Å². The number of aliphatic hydroxyl groups excluding tert-OH is 1. The molecule has 2 aromatic heterocycles. The Morgan fingerprint density at radius 1 is 1.28 bits per heavy atom. The lowest BCUT2D eigenvalue weighted by atomic mass is 9.75. The Kier molecular flexibility index (Phi) is 4.99. The van der Waals surface area contributed by atoms with E-state index in [-0.39, 0.29) is 24.0 Å². The van der Waals surface area contributed by atoms with Gasteiger partial charge in [-0.1, -0.05) is 6.07 Å². The molecule has 25 heavy (non-hydrogen) atoms. The first-order valence-corrected chi connectivity index (χ1v) is 8.40. The molecule has 1 amide bonds. The molecule has 2 heterocycles. The maximum absolute atomic E-state index is 12.7. The number of carbonyl (C=O) groups excluding carboxylic acids is 1. The van der Waals surface area contributed by atoms with Gasteiger partial charge in [0, 0.05) is 29.2 Å². The third-order valence-corrected chi connectivity index (χ3v) is 4.58. The van der Waals surface area contributed by atoms with Crippen molar-refractivity contribution in [1.29, 1.82) is 0 Å². The van der Waals surface area contributed by atoms with E-state index in [2.05, 4.69) is 15.3 Å². The molecule has 0 bridgehead atoms. The van der Waals surface area contributed by atoms with Gasteiger partial charge in [-0.25, -0.2) is 4.98 Å². The van der Waals surface area contributed by atoms with E-state index < -0.39 is 0 Å². The zero-order valence-corrected chi connectivity index (χ0v) is 14.7. The van der Waals surface area contributed by atoms with Crippen LogP contribution in [0.1, 0.15) is 46.2 Å². The van der Waals surface area contributed by atoms with Crippen LogP contribution in [0.2, 0.25) is 0 Å². The van der Waals surface area contributed by atoms with Crippen LogP contribution in [0.15, 0.2) is 30.5 Å². The number of hydrogen-bond acceptors (Lipinski definition) is 5. The summed E-state index contributed by atoms with van der Waals surface area (Å²) in [7, 11) is 1.57. The average molecular weight is 341 g/mol. The summed E-state index contributed by atoms with van der Waals surface area (Å²) < 4.78 is 5.10. The molecule has 3 rings (SSSR count). The molecule has 0 aromatic carbocycles. The second-order valence-corrected chi connectivity index (χ2v) is 6.61. The van der Waals surface area contributed by atoms with Crippen molar-refractivity contribution in [2.75, 3.05) is 7.11 Å². The van der Waals surface area contributed by atoms with Gasteiger partial charge < -0.3 is 15.2 Å². The van der Waals surface area contributed by atoms with Gasteiger partial charge in [0.1, 0.15) is 0 Å². The lowest BCUT2D eigenvalue weighted by Gasteiger charge is -2.38. The second-order valence-electron chi connectivity index (χ2n) is 6.61. The summed E-state index contributed by atoms with van der Waals surface area (Å²) in [6.07, 6.45) is 2.77. The minimum atomic E-state index is -0.291. The summed E-state index contributed by atoms with van der Waals surface area (Å²) in [5.74, 6) is 0.580. The van der Waals surface area contributed by atoms with Gasteiger partial charge >= 0.3 is 0 Å². The summed E-state index contributed by atoms with van der Waals surface area (Å²) in [5.41, 5.74) is 3.13. The fourth-order valence-corrected chi connectivity index (χ4v) is 3.26. The highest BCUT2D eigenvalue weighted by Gasteiger charge is 2.36. The highest BCUT2D eigenvalue weighted by atomic mass is 16.5. The molecule has 1 unspecified atom stereocenters. The molecule has 1 aliphatic rings. The number of hydrogen-bond donors (Lipinski definition) is 2. The van der Waals surface area contributed by atoms with Crippen LogP contribution in [0, 0.1) is 19.8 Å². The number of pyridine rings is 2. The van der Waals surface area contributed by atoms with Crippen LogP contribution >= 0.6 is 0 Å². The molecule has 2 N–H and O–H groups in total. The smallest absolute Gasteiger partial charge is 0.251 e. The van der Waals surface area contributed by atoms with Crippen molar-refractivity contribution in [2.24, 2.45) is 5.92 Å². The Hall–Kier alpha value is -2.47. The zero-order chi connectivity index (χ0) is 18.0. The molecule has 0 radical (unpaired) electrons. The number of ether oxygens (including phenoxy) is 1. The van der Waals surface area contributed by atoms with E-state index in [0.29, 0.717) is 24.3 Å². The highest BCUT2D eigenvalue weighted by molar-refractivity contribution is 5.94. The maximum Gasteiger partial charge on any atom is 0.251 e. The van der Waals surface area contributed by atoms with Gasteiger partial charge in [-0.2, -0.15) is 0 Å². The quantitative estimate of drug-likeness (QED) is 0.872. The number of amides is 1. The van der Waals surface area contributed by atoms with Gasteiger partial charge in [-0.3, -0.25) is 9.78 Å². The third kappa shape index (κ3) is 3.96. The van der Waals surface area contributed by atoms with Gasteiger partial charge in [0.05, 0.1) is 19.3 Å². The molecule has 132 valence electrons. The summed E-state index contributed by atoms with van der Waals surface area (Å²) in [5, 5.41) is 12.8. The molecule has 0 spiro atoms. The van der Waals surface area contributed by atoms with Gasteiger partial charge in [0.25, 0.3) is 5.91 Å². The number of nitrogens with zero attached hydrogens (tertiary/aromatic N) is 2. The van der Waals surface area contributed by atoms with Crippen molar-refractivity contribution in [1.82, 2.24) is 15.3 Å². The van der Waals surface area contributed by atoms with E-state index in [0.717, 1.165) is 17.0 Å². The van der Waals surface area contributed by atoms with Crippen LogP contribution in [-0.4, -0.2) is 34.2 Å². The van der Waals surface area contributed by atoms with E-state index in [1.807, 2.05) is 19.9 Å². The van der Waals surface area contributed by atoms with Crippen molar-refractivity contribution in [2.45, 2.75) is 38.8 Å². The first-order valence-electron chi connectivity index (χ1n) is 8.40. The maximum atomic E-state index is 12.7. The summed E-state index contributed by atoms with van der Waals surface area (Å²) >= 11 is 0. The molecular formula is C19H23N3O3. The number of carbonyl (C=O) groups is 1. The molecular weight excluding hydrogens is 318 g/mol. The van der Waals surface area contributed by atoms with Crippen molar-refractivity contribution in [3.63, 3.8) is 0 Å². The van der Waals surface area contributed by atoms with Gasteiger partial charge in [0.15, 0.2) is 0 Å².